The number of ether oxygens (including phenoxy) is 2. The van der Waals surface area contributed by atoms with Crippen molar-refractivity contribution in [3.05, 3.63) is 29.8 Å². The summed E-state index contributed by atoms with van der Waals surface area (Å²) in [4.78, 5) is 25.1. The van der Waals surface area contributed by atoms with E-state index < -0.39 is 0 Å². The first-order chi connectivity index (χ1) is 10.2. The Bertz CT molecular complexity index is 597. The van der Waals surface area contributed by atoms with Gasteiger partial charge in [0.2, 0.25) is 18.6 Å². The Kier molecular flexibility index (Phi) is 3.77. The Morgan fingerprint density at radius 2 is 2.14 bits per heavy atom. The molecule has 2 amide bonds. The van der Waals surface area contributed by atoms with Crippen LogP contribution in [-0.4, -0.2) is 43.1 Å². The summed E-state index contributed by atoms with van der Waals surface area (Å²) in [5, 5.41) is 2.74. The fourth-order valence-electron chi connectivity index (χ4n) is 2.28. The third kappa shape index (κ3) is 3.16. The van der Waals surface area contributed by atoms with E-state index in [-0.39, 0.29) is 25.2 Å². The van der Waals surface area contributed by atoms with E-state index in [9.17, 15) is 9.59 Å². The average molecular weight is 288 g/mol. The Labute approximate surface area is 122 Å². The van der Waals surface area contributed by atoms with E-state index in [1.165, 1.54) is 6.08 Å². The Morgan fingerprint density at radius 3 is 3.05 bits per heavy atom. The second-order valence-electron chi connectivity index (χ2n) is 4.91. The summed E-state index contributed by atoms with van der Waals surface area (Å²) in [7, 11) is 0. The van der Waals surface area contributed by atoms with Crippen LogP contribution in [-0.2, 0) is 9.59 Å². The third-order valence-corrected chi connectivity index (χ3v) is 3.39. The molecule has 3 rings (SSSR count). The van der Waals surface area contributed by atoms with Crippen molar-refractivity contribution in [2.24, 2.45) is 0 Å². The van der Waals surface area contributed by atoms with Gasteiger partial charge in [0, 0.05) is 19.2 Å². The second kappa shape index (κ2) is 5.87. The summed E-state index contributed by atoms with van der Waals surface area (Å²) >= 11 is 0. The van der Waals surface area contributed by atoms with Crippen molar-refractivity contribution in [2.45, 2.75) is 6.42 Å². The topological polar surface area (TPSA) is 67.9 Å². The lowest BCUT2D eigenvalue weighted by Crippen LogP contribution is -2.36. The molecule has 6 heteroatoms. The van der Waals surface area contributed by atoms with Gasteiger partial charge in [-0.05, 0) is 30.2 Å². The first-order valence-electron chi connectivity index (χ1n) is 6.86. The first kappa shape index (κ1) is 13.5. The van der Waals surface area contributed by atoms with Crippen LogP contribution in [0.25, 0.3) is 6.08 Å². The molecule has 1 saturated heterocycles. The van der Waals surface area contributed by atoms with Gasteiger partial charge >= 0.3 is 0 Å². The molecule has 0 bridgehead atoms. The molecule has 21 heavy (non-hydrogen) atoms. The van der Waals surface area contributed by atoms with Crippen LogP contribution in [0.2, 0.25) is 0 Å². The summed E-state index contributed by atoms with van der Waals surface area (Å²) < 4.78 is 10.5. The van der Waals surface area contributed by atoms with Crippen LogP contribution in [0, 0.1) is 0 Å². The van der Waals surface area contributed by atoms with Crippen LogP contribution in [0.4, 0.5) is 0 Å². The number of hydrogen-bond donors (Lipinski definition) is 1. The number of carbonyl (C=O) groups excluding carboxylic acids is 2. The molecule has 0 radical (unpaired) electrons. The van der Waals surface area contributed by atoms with Crippen LogP contribution in [0.15, 0.2) is 24.3 Å². The number of carbonyl (C=O) groups is 2. The van der Waals surface area contributed by atoms with Gasteiger partial charge < -0.3 is 19.7 Å². The van der Waals surface area contributed by atoms with Crippen LogP contribution in [0.1, 0.15) is 12.0 Å². The average Bonchev–Trinajstić information content (AvgIpc) is 2.84. The van der Waals surface area contributed by atoms with Crippen LogP contribution in [0.3, 0.4) is 0 Å². The van der Waals surface area contributed by atoms with Crippen molar-refractivity contribution < 1.29 is 19.1 Å². The molecule has 6 nitrogen and oxygen atoms in total. The van der Waals surface area contributed by atoms with Gasteiger partial charge in [-0.2, -0.15) is 0 Å². The van der Waals surface area contributed by atoms with Gasteiger partial charge in [-0.25, -0.2) is 0 Å². The predicted molar refractivity (Wildman–Crippen MR) is 75.8 cm³/mol. The van der Waals surface area contributed by atoms with E-state index in [0.717, 1.165) is 12.0 Å². The zero-order chi connectivity index (χ0) is 14.7. The molecule has 0 spiro atoms. The zero-order valence-corrected chi connectivity index (χ0v) is 11.5. The maximum Gasteiger partial charge on any atom is 0.247 e. The molecule has 0 atom stereocenters. The molecule has 0 saturated carbocycles. The number of benzene rings is 1. The SMILES string of the molecule is O=C1CN(C(=O)C=Cc2ccc3c(c2)OCO3)CCCN1. The summed E-state index contributed by atoms with van der Waals surface area (Å²) in [5.74, 6) is 1.11. The first-order valence-corrected chi connectivity index (χ1v) is 6.86. The fourth-order valence-corrected chi connectivity index (χ4v) is 2.28. The van der Waals surface area contributed by atoms with Crippen molar-refractivity contribution in [3.63, 3.8) is 0 Å². The number of rotatable bonds is 2. The van der Waals surface area contributed by atoms with Crippen molar-refractivity contribution in [2.75, 3.05) is 26.4 Å². The molecule has 110 valence electrons. The molecule has 2 aliphatic heterocycles. The largest absolute Gasteiger partial charge is 0.454 e. The number of amides is 2. The van der Waals surface area contributed by atoms with Gasteiger partial charge in [0.1, 0.15) is 0 Å². The molecule has 0 unspecified atom stereocenters. The van der Waals surface area contributed by atoms with Gasteiger partial charge in [-0.15, -0.1) is 0 Å². The maximum absolute atomic E-state index is 12.1. The Balaban J connectivity index is 1.67. The molecule has 0 aromatic heterocycles. The lowest BCUT2D eigenvalue weighted by Gasteiger charge is -2.16. The molecule has 1 aromatic carbocycles. The number of hydrogen-bond acceptors (Lipinski definition) is 4. The molecule has 2 aliphatic rings. The van der Waals surface area contributed by atoms with Crippen molar-refractivity contribution >= 4 is 17.9 Å². The van der Waals surface area contributed by atoms with Gasteiger partial charge in [0.25, 0.3) is 0 Å². The van der Waals surface area contributed by atoms with Crippen LogP contribution < -0.4 is 14.8 Å². The number of fused-ring (bicyclic) bond motifs is 1. The van der Waals surface area contributed by atoms with Gasteiger partial charge in [0.05, 0.1) is 6.54 Å². The minimum atomic E-state index is -0.162. The highest BCUT2D eigenvalue weighted by molar-refractivity contribution is 5.94. The molecule has 2 heterocycles. The molecule has 1 aromatic rings. The van der Waals surface area contributed by atoms with E-state index in [2.05, 4.69) is 5.32 Å². The molecule has 1 N–H and O–H groups in total. The second-order valence-corrected chi connectivity index (χ2v) is 4.91. The maximum atomic E-state index is 12.1. The Morgan fingerprint density at radius 1 is 1.29 bits per heavy atom. The van der Waals surface area contributed by atoms with Crippen molar-refractivity contribution in [1.82, 2.24) is 10.2 Å². The lowest BCUT2D eigenvalue weighted by molar-refractivity contribution is -0.131. The highest BCUT2D eigenvalue weighted by Gasteiger charge is 2.18. The monoisotopic (exact) mass is 288 g/mol. The number of nitrogens with one attached hydrogen (secondary N) is 1. The van der Waals surface area contributed by atoms with Crippen LogP contribution in [0.5, 0.6) is 11.5 Å². The Hall–Kier alpha value is -2.50. The summed E-state index contributed by atoms with van der Waals surface area (Å²) in [6.07, 6.45) is 3.97. The van der Waals surface area contributed by atoms with Gasteiger partial charge in [-0.3, -0.25) is 9.59 Å². The summed E-state index contributed by atoms with van der Waals surface area (Å²) in [6, 6.07) is 5.49. The summed E-state index contributed by atoms with van der Waals surface area (Å²) in [6.45, 7) is 1.55. The van der Waals surface area contributed by atoms with Crippen molar-refractivity contribution in [1.29, 1.82) is 0 Å². The van der Waals surface area contributed by atoms with Crippen LogP contribution >= 0.6 is 0 Å². The van der Waals surface area contributed by atoms with Gasteiger partial charge in [0.15, 0.2) is 11.5 Å². The molecular weight excluding hydrogens is 272 g/mol. The minimum Gasteiger partial charge on any atom is -0.454 e. The number of nitrogens with zero attached hydrogens (tertiary/aromatic N) is 1. The quantitative estimate of drug-likeness (QED) is 0.817. The zero-order valence-electron chi connectivity index (χ0n) is 11.5. The normalized spacial score (nSPS) is 17.7. The smallest absolute Gasteiger partial charge is 0.247 e. The van der Waals surface area contributed by atoms with E-state index in [4.69, 9.17) is 9.47 Å². The molecule has 1 fully saturated rings. The fraction of sp³-hybridized carbons (Fsp3) is 0.333. The van der Waals surface area contributed by atoms with E-state index in [1.54, 1.807) is 11.0 Å². The van der Waals surface area contributed by atoms with Gasteiger partial charge in [-0.1, -0.05) is 6.07 Å². The predicted octanol–water partition coefficient (Wildman–Crippen LogP) is 0.777. The van der Waals surface area contributed by atoms with Crippen molar-refractivity contribution in [3.8, 4) is 11.5 Å². The standard InChI is InChI=1S/C15H16N2O4/c18-14-9-17(7-1-6-16-14)15(19)5-3-11-2-4-12-13(8-11)21-10-20-12/h2-5,8H,1,6-7,9-10H2,(H,16,18). The highest BCUT2D eigenvalue weighted by Crippen LogP contribution is 2.32. The van der Waals surface area contributed by atoms with E-state index in [1.807, 2.05) is 18.2 Å². The highest BCUT2D eigenvalue weighted by atomic mass is 16.7. The third-order valence-electron chi connectivity index (χ3n) is 3.39. The van der Waals surface area contributed by atoms with E-state index >= 15 is 0 Å². The molecular formula is C15H16N2O4. The summed E-state index contributed by atoms with van der Waals surface area (Å²) in [5.41, 5.74) is 0.854. The van der Waals surface area contributed by atoms with E-state index in [0.29, 0.717) is 24.6 Å². The molecule has 0 aliphatic carbocycles. The minimum absolute atomic E-state index is 0.114. The lowest BCUT2D eigenvalue weighted by atomic mass is 10.2.